The third-order valence-corrected chi connectivity index (χ3v) is 4.77. The van der Waals surface area contributed by atoms with Crippen LogP contribution in [0.3, 0.4) is 0 Å². The van der Waals surface area contributed by atoms with Crippen molar-refractivity contribution in [2.24, 2.45) is 0 Å². The van der Waals surface area contributed by atoms with Crippen molar-refractivity contribution in [1.82, 2.24) is 15.0 Å². The van der Waals surface area contributed by atoms with Gasteiger partial charge in [0.05, 0.1) is 17.5 Å². The number of Topliss-reactive ketones (excluding diaryl/α,β-unsaturated/α-hetero) is 1. The zero-order valence-electron chi connectivity index (χ0n) is 14.5. The van der Waals surface area contributed by atoms with Crippen LogP contribution in [0, 0.1) is 0 Å². The van der Waals surface area contributed by atoms with Crippen molar-refractivity contribution < 1.29 is 4.79 Å². The second kappa shape index (κ2) is 6.67. The molecule has 1 aliphatic heterocycles. The summed E-state index contributed by atoms with van der Waals surface area (Å²) in [4.78, 5) is 27.0. The molecule has 0 radical (unpaired) electrons. The van der Waals surface area contributed by atoms with Gasteiger partial charge in [0.2, 0.25) is 0 Å². The Morgan fingerprint density at radius 3 is 2.92 bits per heavy atom. The van der Waals surface area contributed by atoms with Gasteiger partial charge in [-0.15, -0.1) is 0 Å². The SMILES string of the molecule is CCCC(=O)c1c[nH]c2ncc(-c3cccc(N4CCCC4)c3)nc12. The van der Waals surface area contributed by atoms with Gasteiger partial charge in [-0.1, -0.05) is 19.1 Å². The van der Waals surface area contributed by atoms with Crippen LogP contribution in [0.15, 0.2) is 36.7 Å². The maximum Gasteiger partial charge on any atom is 0.166 e. The number of hydrogen-bond acceptors (Lipinski definition) is 4. The smallest absolute Gasteiger partial charge is 0.166 e. The largest absolute Gasteiger partial charge is 0.372 e. The van der Waals surface area contributed by atoms with Crippen LogP contribution in [0.25, 0.3) is 22.4 Å². The van der Waals surface area contributed by atoms with Crippen LogP contribution in [0.5, 0.6) is 0 Å². The lowest BCUT2D eigenvalue weighted by molar-refractivity contribution is 0.0983. The number of aromatic amines is 1. The van der Waals surface area contributed by atoms with Crippen LogP contribution in [-0.4, -0.2) is 33.8 Å². The number of H-pyrrole nitrogens is 1. The summed E-state index contributed by atoms with van der Waals surface area (Å²) in [6.45, 7) is 4.23. The van der Waals surface area contributed by atoms with Gasteiger partial charge in [-0.3, -0.25) is 4.79 Å². The highest BCUT2D eigenvalue weighted by Crippen LogP contribution is 2.27. The molecule has 2 aromatic heterocycles. The van der Waals surface area contributed by atoms with E-state index in [1.165, 1.54) is 18.5 Å². The van der Waals surface area contributed by atoms with E-state index in [-0.39, 0.29) is 5.78 Å². The van der Waals surface area contributed by atoms with E-state index in [1.54, 1.807) is 12.4 Å². The fourth-order valence-electron chi connectivity index (χ4n) is 3.44. The summed E-state index contributed by atoms with van der Waals surface area (Å²) in [7, 11) is 0. The molecule has 0 saturated carbocycles. The zero-order chi connectivity index (χ0) is 17.2. The lowest BCUT2D eigenvalue weighted by Gasteiger charge is -2.18. The van der Waals surface area contributed by atoms with Crippen molar-refractivity contribution >= 4 is 22.6 Å². The Morgan fingerprint density at radius 2 is 2.12 bits per heavy atom. The Kier molecular flexibility index (Phi) is 4.22. The van der Waals surface area contributed by atoms with E-state index < -0.39 is 0 Å². The van der Waals surface area contributed by atoms with E-state index in [0.717, 1.165) is 30.8 Å². The van der Waals surface area contributed by atoms with Crippen LogP contribution in [0.4, 0.5) is 5.69 Å². The highest BCUT2D eigenvalue weighted by Gasteiger charge is 2.16. The minimum atomic E-state index is 0.117. The van der Waals surface area contributed by atoms with E-state index in [0.29, 0.717) is 23.1 Å². The number of carbonyl (C=O) groups excluding carboxylic acids is 1. The van der Waals surface area contributed by atoms with Crippen LogP contribution < -0.4 is 4.90 Å². The van der Waals surface area contributed by atoms with Gasteiger partial charge in [0, 0.05) is 37.0 Å². The van der Waals surface area contributed by atoms with Gasteiger partial charge in [0.1, 0.15) is 5.52 Å². The summed E-state index contributed by atoms with van der Waals surface area (Å²) in [6, 6.07) is 8.43. The molecule has 128 valence electrons. The standard InChI is InChI=1S/C20H22N4O/c1-2-6-18(25)16-12-21-20-19(16)23-17(13-22-20)14-7-5-8-15(11-14)24-9-3-4-10-24/h5,7-8,11-13H,2-4,6,9-10H2,1H3,(H,21,22). The predicted molar refractivity (Wildman–Crippen MR) is 100 cm³/mol. The Hall–Kier alpha value is -2.69. The Labute approximate surface area is 147 Å². The van der Waals surface area contributed by atoms with Gasteiger partial charge >= 0.3 is 0 Å². The molecule has 3 aromatic rings. The summed E-state index contributed by atoms with van der Waals surface area (Å²) in [5.74, 6) is 0.117. The van der Waals surface area contributed by atoms with Crippen LogP contribution >= 0.6 is 0 Å². The number of hydrogen-bond donors (Lipinski definition) is 1. The average Bonchev–Trinajstić information content (AvgIpc) is 3.31. The number of benzene rings is 1. The average molecular weight is 334 g/mol. The van der Waals surface area contributed by atoms with Gasteiger partial charge < -0.3 is 9.88 Å². The first-order valence-electron chi connectivity index (χ1n) is 8.99. The molecular weight excluding hydrogens is 312 g/mol. The Bertz CT molecular complexity index is 909. The number of anilines is 1. The Morgan fingerprint density at radius 1 is 1.28 bits per heavy atom. The molecule has 0 bridgehead atoms. The summed E-state index contributed by atoms with van der Waals surface area (Å²) in [5.41, 5.74) is 5.05. The molecule has 25 heavy (non-hydrogen) atoms. The molecule has 5 heteroatoms. The van der Waals surface area contributed by atoms with Crippen LogP contribution in [0.1, 0.15) is 43.0 Å². The fraction of sp³-hybridized carbons (Fsp3) is 0.350. The summed E-state index contributed by atoms with van der Waals surface area (Å²) >= 11 is 0. The monoisotopic (exact) mass is 334 g/mol. The maximum absolute atomic E-state index is 12.3. The number of fused-ring (bicyclic) bond motifs is 1. The Balaban J connectivity index is 1.73. The van der Waals surface area contributed by atoms with Crippen molar-refractivity contribution in [3.05, 3.63) is 42.2 Å². The molecule has 1 aromatic carbocycles. The van der Waals surface area contributed by atoms with E-state index in [2.05, 4.69) is 39.1 Å². The lowest BCUT2D eigenvalue weighted by atomic mass is 10.1. The minimum absolute atomic E-state index is 0.117. The first kappa shape index (κ1) is 15.8. The van der Waals surface area contributed by atoms with Gasteiger partial charge in [-0.05, 0) is 31.4 Å². The third-order valence-electron chi connectivity index (χ3n) is 4.77. The number of aromatic nitrogens is 3. The zero-order valence-corrected chi connectivity index (χ0v) is 14.5. The number of rotatable bonds is 5. The highest BCUT2D eigenvalue weighted by molar-refractivity contribution is 6.05. The number of nitrogens with zero attached hydrogens (tertiary/aromatic N) is 3. The molecule has 0 spiro atoms. The van der Waals surface area contributed by atoms with Gasteiger partial charge in [-0.25, -0.2) is 9.97 Å². The van der Waals surface area contributed by atoms with Crippen molar-refractivity contribution in [2.45, 2.75) is 32.6 Å². The predicted octanol–water partition coefficient (Wildman–Crippen LogP) is 4.21. The number of carbonyl (C=O) groups is 1. The number of nitrogens with one attached hydrogen (secondary N) is 1. The van der Waals surface area contributed by atoms with Crippen LogP contribution in [0.2, 0.25) is 0 Å². The van der Waals surface area contributed by atoms with Crippen molar-refractivity contribution in [3.8, 4) is 11.3 Å². The van der Waals surface area contributed by atoms with E-state index >= 15 is 0 Å². The third kappa shape index (κ3) is 3.02. The molecule has 1 saturated heterocycles. The topological polar surface area (TPSA) is 61.9 Å². The lowest BCUT2D eigenvalue weighted by Crippen LogP contribution is -2.17. The molecule has 0 amide bonds. The second-order valence-corrected chi connectivity index (χ2v) is 6.57. The molecule has 0 unspecified atom stereocenters. The fourth-order valence-corrected chi connectivity index (χ4v) is 3.44. The van der Waals surface area contributed by atoms with Crippen molar-refractivity contribution in [1.29, 1.82) is 0 Å². The van der Waals surface area contributed by atoms with Gasteiger partial charge in [-0.2, -0.15) is 0 Å². The van der Waals surface area contributed by atoms with Crippen molar-refractivity contribution in [2.75, 3.05) is 18.0 Å². The minimum Gasteiger partial charge on any atom is -0.372 e. The normalized spacial score (nSPS) is 14.4. The van der Waals surface area contributed by atoms with Gasteiger partial charge in [0.25, 0.3) is 0 Å². The molecule has 1 N–H and O–H groups in total. The molecule has 0 aliphatic carbocycles. The molecule has 4 rings (SSSR count). The summed E-state index contributed by atoms with van der Waals surface area (Å²) in [5, 5.41) is 0. The first-order chi connectivity index (χ1) is 12.3. The quantitative estimate of drug-likeness (QED) is 0.710. The molecule has 1 fully saturated rings. The van der Waals surface area contributed by atoms with E-state index in [9.17, 15) is 4.79 Å². The number of ketones is 1. The van der Waals surface area contributed by atoms with E-state index in [1.807, 2.05) is 6.92 Å². The first-order valence-corrected chi connectivity index (χ1v) is 8.99. The molecule has 0 atom stereocenters. The summed E-state index contributed by atoms with van der Waals surface area (Å²) in [6.07, 6.45) is 7.37. The maximum atomic E-state index is 12.3. The van der Waals surface area contributed by atoms with E-state index in [4.69, 9.17) is 4.98 Å². The molecular formula is C20H22N4O. The molecule has 1 aliphatic rings. The second-order valence-electron chi connectivity index (χ2n) is 6.57. The van der Waals surface area contributed by atoms with Crippen molar-refractivity contribution in [3.63, 3.8) is 0 Å². The molecule has 5 nitrogen and oxygen atoms in total. The highest BCUT2D eigenvalue weighted by atomic mass is 16.1. The molecule has 3 heterocycles. The van der Waals surface area contributed by atoms with Crippen LogP contribution in [-0.2, 0) is 0 Å². The summed E-state index contributed by atoms with van der Waals surface area (Å²) < 4.78 is 0. The van der Waals surface area contributed by atoms with Gasteiger partial charge in [0.15, 0.2) is 11.4 Å².